The molecule has 0 aromatic carbocycles. The summed E-state index contributed by atoms with van der Waals surface area (Å²) >= 11 is 13.7. The van der Waals surface area contributed by atoms with Gasteiger partial charge in [-0.15, -0.1) is 11.3 Å². The Morgan fingerprint density at radius 2 is 1.81 bits per heavy atom. The highest BCUT2D eigenvalue weighted by atomic mass is 35.5. The maximum absolute atomic E-state index is 6.17. The molecule has 0 atom stereocenters. The molecule has 2 nitrogen and oxygen atoms in total. The number of nitrogens with zero attached hydrogens (tertiary/aromatic N) is 2. The molecule has 0 radical (unpaired) electrons. The van der Waals surface area contributed by atoms with Crippen LogP contribution in [0.3, 0.4) is 0 Å². The van der Waals surface area contributed by atoms with Crippen molar-refractivity contribution >= 4 is 44.8 Å². The summed E-state index contributed by atoms with van der Waals surface area (Å²) in [6, 6.07) is 0. The van der Waals surface area contributed by atoms with E-state index in [2.05, 4.69) is 9.97 Å². The first-order valence-corrected chi connectivity index (χ1v) is 6.96. The first-order valence-electron chi connectivity index (χ1n) is 5.39. The van der Waals surface area contributed by atoms with Crippen molar-refractivity contribution in [2.24, 2.45) is 0 Å². The van der Waals surface area contributed by atoms with Gasteiger partial charge in [0.1, 0.15) is 9.98 Å². The molecule has 0 bridgehead atoms. The van der Waals surface area contributed by atoms with Gasteiger partial charge in [0.2, 0.25) is 5.28 Å². The molecule has 3 rings (SSSR count). The van der Waals surface area contributed by atoms with Crippen molar-refractivity contribution in [3.8, 4) is 0 Å². The van der Waals surface area contributed by atoms with Gasteiger partial charge in [-0.25, -0.2) is 9.97 Å². The fraction of sp³-hybridized carbons (Fsp3) is 0.455. The van der Waals surface area contributed by atoms with Crippen LogP contribution in [0.2, 0.25) is 10.4 Å². The number of aromatic nitrogens is 2. The lowest BCUT2D eigenvalue weighted by Gasteiger charge is -1.99. The van der Waals surface area contributed by atoms with E-state index in [-0.39, 0.29) is 5.28 Å². The molecular formula is C11H10Cl2N2S. The second-order valence-corrected chi connectivity index (χ2v) is 5.81. The molecule has 1 aliphatic rings. The SMILES string of the molecule is Clc1nc(Cl)c2c3c(sc2n1)CCCCC3. The van der Waals surface area contributed by atoms with E-state index in [9.17, 15) is 0 Å². The van der Waals surface area contributed by atoms with E-state index in [1.807, 2.05) is 0 Å². The predicted octanol–water partition coefficient (Wildman–Crippen LogP) is 4.27. The van der Waals surface area contributed by atoms with Crippen LogP contribution in [0.25, 0.3) is 10.2 Å². The summed E-state index contributed by atoms with van der Waals surface area (Å²) in [6.45, 7) is 0. The van der Waals surface area contributed by atoms with Gasteiger partial charge in [-0.3, -0.25) is 0 Å². The number of thiophene rings is 1. The lowest BCUT2D eigenvalue weighted by Crippen LogP contribution is -1.88. The third kappa shape index (κ3) is 1.71. The number of hydrogen-bond donors (Lipinski definition) is 0. The molecule has 2 heterocycles. The number of hydrogen-bond acceptors (Lipinski definition) is 3. The second-order valence-electron chi connectivity index (χ2n) is 4.03. The molecule has 5 heteroatoms. The van der Waals surface area contributed by atoms with E-state index in [1.165, 1.54) is 29.7 Å². The summed E-state index contributed by atoms with van der Waals surface area (Å²) < 4.78 is 0. The summed E-state index contributed by atoms with van der Waals surface area (Å²) in [5.41, 5.74) is 1.36. The Bertz CT molecular complexity index is 550. The van der Waals surface area contributed by atoms with Gasteiger partial charge in [-0.2, -0.15) is 0 Å². The predicted molar refractivity (Wildman–Crippen MR) is 68.7 cm³/mol. The largest absolute Gasteiger partial charge is 0.225 e. The van der Waals surface area contributed by atoms with Gasteiger partial charge >= 0.3 is 0 Å². The van der Waals surface area contributed by atoms with E-state index in [0.29, 0.717) is 5.15 Å². The van der Waals surface area contributed by atoms with Gasteiger partial charge in [-0.05, 0) is 42.8 Å². The average molecular weight is 273 g/mol. The highest BCUT2D eigenvalue weighted by Gasteiger charge is 2.18. The monoisotopic (exact) mass is 272 g/mol. The van der Waals surface area contributed by atoms with Crippen LogP contribution < -0.4 is 0 Å². The summed E-state index contributed by atoms with van der Waals surface area (Å²) in [7, 11) is 0. The molecule has 0 unspecified atom stereocenters. The summed E-state index contributed by atoms with van der Waals surface area (Å²) in [5, 5.41) is 1.79. The molecule has 0 amide bonds. The molecule has 0 spiro atoms. The first kappa shape index (κ1) is 10.8. The number of aryl methyl sites for hydroxylation is 2. The molecule has 0 aliphatic heterocycles. The van der Waals surface area contributed by atoms with Crippen LogP contribution in [0.1, 0.15) is 29.7 Å². The zero-order valence-electron chi connectivity index (χ0n) is 8.59. The van der Waals surface area contributed by atoms with Crippen molar-refractivity contribution in [1.29, 1.82) is 0 Å². The van der Waals surface area contributed by atoms with Crippen LogP contribution in [-0.2, 0) is 12.8 Å². The highest BCUT2D eigenvalue weighted by Crippen LogP contribution is 2.38. The van der Waals surface area contributed by atoms with Gasteiger partial charge in [0.25, 0.3) is 0 Å². The zero-order valence-corrected chi connectivity index (χ0v) is 10.9. The number of rotatable bonds is 0. The number of fused-ring (bicyclic) bond motifs is 3. The van der Waals surface area contributed by atoms with Crippen LogP contribution in [0.5, 0.6) is 0 Å². The van der Waals surface area contributed by atoms with Gasteiger partial charge in [0.05, 0.1) is 5.39 Å². The Morgan fingerprint density at radius 3 is 2.69 bits per heavy atom. The Labute approximate surface area is 108 Å². The lowest BCUT2D eigenvalue weighted by atomic mass is 10.1. The van der Waals surface area contributed by atoms with Crippen LogP contribution in [0.15, 0.2) is 0 Å². The molecule has 16 heavy (non-hydrogen) atoms. The minimum absolute atomic E-state index is 0.244. The van der Waals surface area contributed by atoms with Crippen LogP contribution in [-0.4, -0.2) is 9.97 Å². The van der Waals surface area contributed by atoms with E-state index < -0.39 is 0 Å². The zero-order chi connectivity index (χ0) is 11.1. The van der Waals surface area contributed by atoms with Crippen molar-refractivity contribution in [1.82, 2.24) is 9.97 Å². The standard InChI is InChI=1S/C11H10Cl2N2S/c12-9-8-6-4-2-1-3-5-7(6)16-10(8)15-11(13)14-9/h1-5H2. The summed E-state index contributed by atoms with van der Waals surface area (Å²) in [6.07, 6.45) is 6.04. The van der Waals surface area contributed by atoms with Crippen LogP contribution >= 0.6 is 34.5 Å². The maximum atomic E-state index is 6.17. The van der Waals surface area contributed by atoms with Gasteiger partial charge in [0, 0.05) is 4.88 Å². The van der Waals surface area contributed by atoms with E-state index in [4.69, 9.17) is 23.2 Å². The summed E-state index contributed by atoms with van der Waals surface area (Å²) in [4.78, 5) is 10.7. The Balaban J connectivity index is 2.29. The Hall–Kier alpha value is -0.380. The lowest BCUT2D eigenvalue weighted by molar-refractivity contribution is 0.713. The van der Waals surface area contributed by atoms with Crippen molar-refractivity contribution in [2.75, 3.05) is 0 Å². The van der Waals surface area contributed by atoms with E-state index in [1.54, 1.807) is 11.3 Å². The topological polar surface area (TPSA) is 25.8 Å². The molecular weight excluding hydrogens is 263 g/mol. The van der Waals surface area contributed by atoms with Crippen LogP contribution in [0, 0.1) is 0 Å². The van der Waals surface area contributed by atoms with Crippen molar-refractivity contribution in [3.05, 3.63) is 20.9 Å². The van der Waals surface area contributed by atoms with Gasteiger partial charge in [-0.1, -0.05) is 18.0 Å². The maximum Gasteiger partial charge on any atom is 0.225 e. The van der Waals surface area contributed by atoms with Crippen LogP contribution in [0.4, 0.5) is 0 Å². The first-order chi connectivity index (χ1) is 7.75. The Kier molecular flexibility index (Phi) is 2.78. The van der Waals surface area contributed by atoms with Gasteiger partial charge < -0.3 is 0 Å². The molecule has 1 aliphatic carbocycles. The van der Waals surface area contributed by atoms with Crippen molar-refractivity contribution in [2.45, 2.75) is 32.1 Å². The van der Waals surface area contributed by atoms with E-state index in [0.717, 1.165) is 23.1 Å². The average Bonchev–Trinajstić information content (AvgIpc) is 2.42. The van der Waals surface area contributed by atoms with Crippen molar-refractivity contribution < 1.29 is 0 Å². The van der Waals surface area contributed by atoms with Gasteiger partial charge in [0.15, 0.2) is 0 Å². The smallest absolute Gasteiger partial charge is 0.207 e. The minimum atomic E-state index is 0.244. The molecule has 0 N–H and O–H groups in total. The van der Waals surface area contributed by atoms with Crippen molar-refractivity contribution in [3.63, 3.8) is 0 Å². The fourth-order valence-corrected chi connectivity index (χ4v) is 4.13. The second kappa shape index (κ2) is 4.13. The molecule has 0 saturated carbocycles. The third-order valence-electron chi connectivity index (χ3n) is 2.99. The quantitative estimate of drug-likeness (QED) is 0.407. The molecule has 0 saturated heterocycles. The third-order valence-corrected chi connectivity index (χ3v) is 4.62. The van der Waals surface area contributed by atoms with E-state index >= 15 is 0 Å². The molecule has 2 aromatic rings. The number of halogens is 2. The normalized spacial score (nSPS) is 16.1. The fourth-order valence-electron chi connectivity index (χ4n) is 2.27. The molecule has 0 fully saturated rings. The highest BCUT2D eigenvalue weighted by molar-refractivity contribution is 7.19. The summed E-state index contributed by atoms with van der Waals surface area (Å²) in [5.74, 6) is 0. The Morgan fingerprint density at radius 1 is 1.00 bits per heavy atom. The minimum Gasteiger partial charge on any atom is -0.207 e. The molecule has 84 valence electrons. The molecule has 2 aromatic heterocycles.